The summed E-state index contributed by atoms with van der Waals surface area (Å²) in [5.41, 5.74) is 1.65. The fourth-order valence-electron chi connectivity index (χ4n) is 0.780. The molecule has 0 aliphatic heterocycles. The monoisotopic (exact) mass is 241 g/mol. The summed E-state index contributed by atoms with van der Waals surface area (Å²) >= 11 is 3.31. The molecule has 68 valence electrons. The number of aryl methyl sites for hydroxylation is 1. The quantitative estimate of drug-likeness (QED) is 0.809. The highest BCUT2D eigenvalue weighted by molar-refractivity contribution is 9.10. The van der Waals surface area contributed by atoms with E-state index in [1.165, 1.54) is 6.08 Å². The predicted molar refractivity (Wildman–Crippen MR) is 53.3 cm³/mol. The van der Waals surface area contributed by atoms with Gasteiger partial charge in [0.05, 0.1) is 5.69 Å². The van der Waals surface area contributed by atoms with Crippen molar-refractivity contribution in [2.24, 2.45) is 0 Å². The Balaban J connectivity index is 2.92. The molecular weight excluding hydrogens is 234 g/mol. The van der Waals surface area contributed by atoms with E-state index < -0.39 is 5.97 Å². The van der Waals surface area contributed by atoms with Crippen LogP contribution in [0, 0.1) is 6.92 Å². The summed E-state index contributed by atoms with van der Waals surface area (Å²) in [5.74, 6) is -0.961. The molecule has 0 aliphatic carbocycles. The number of carbonyl (C=O) groups is 1. The second-order valence-electron chi connectivity index (χ2n) is 2.51. The first-order chi connectivity index (χ1) is 6.09. The Morgan fingerprint density at radius 1 is 1.69 bits per heavy atom. The molecule has 0 saturated heterocycles. The summed E-state index contributed by atoms with van der Waals surface area (Å²) in [4.78, 5) is 14.3. The van der Waals surface area contributed by atoms with Crippen molar-refractivity contribution in [3.05, 3.63) is 34.1 Å². The highest BCUT2D eigenvalue weighted by Gasteiger charge is 1.96. The smallest absolute Gasteiger partial charge is 0.328 e. The molecule has 1 rings (SSSR count). The van der Waals surface area contributed by atoms with Gasteiger partial charge in [-0.2, -0.15) is 0 Å². The maximum atomic E-state index is 10.2. The lowest BCUT2D eigenvalue weighted by atomic mass is 10.2. The molecule has 0 radical (unpaired) electrons. The van der Waals surface area contributed by atoms with Gasteiger partial charge >= 0.3 is 5.97 Å². The third-order valence-electron chi connectivity index (χ3n) is 1.46. The van der Waals surface area contributed by atoms with Gasteiger partial charge in [0.15, 0.2) is 0 Å². The van der Waals surface area contributed by atoms with Crippen LogP contribution in [0.4, 0.5) is 0 Å². The summed E-state index contributed by atoms with van der Waals surface area (Å²) in [6.07, 6.45) is 4.21. The second kappa shape index (κ2) is 4.18. The van der Waals surface area contributed by atoms with Crippen LogP contribution in [0.15, 0.2) is 22.8 Å². The highest BCUT2D eigenvalue weighted by atomic mass is 79.9. The van der Waals surface area contributed by atoms with Gasteiger partial charge in [-0.3, -0.25) is 4.98 Å². The van der Waals surface area contributed by atoms with E-state index in [-0.39, 0.29) is 0 Å². The molecule has 4 heteroatoms. The van der Waals surface area contributed by atoms with E-state index in [9.17, 15) is 4.79 Å². The minimum atomic E-state index is -0.961. The number of aromatic nitrogens is 1. The van der Waals surface area contributed by atoms with Crippen molar-refractivity contribution >= 4 is 28.0 Å². The van der Waals surface area contributed by atoms with Crippen molar-refractivity contribution in [2.45, 2.75) is 6.92 Å². The Labute approximate surface area is 84.2 Å². The Bertz CT molecular complexity index is 361. The number of halogens is 1. The second-order valence-corrected chi connectivity index (χ2v) is 3.36. The van der Waals surface area contributed by atoms with E-state index in [0.717, 1.165) is 21.8 Å². The van der Waals surface area contributed by atoms with Crippen LogP contribution in [0.25, 0.3) is 6.08 Å². The first kappa shape index (κ1) is 9.92. The zero-order valence-electron chi connectivity index (χ0n) is 6.99. The van der Waals surface area contributed by atoms with Crippen molar-refractivity contribution in [3.8, 4) is 0 Å². The van der Waals surface area contributed by atoms with Crippen molar-refractivity contribution in [1.29, 1.82) is 0 Å². The maximum Gasteiger partial charge on any atom is 0.328 e. The SMILES string of the molecule is Cc1ncc(/C=C/C(=O)O)cc1Br. The van der Waals surface area contributed by atoms with Gasteiger partial charge < -0.3 is 5.11 Å². The van der Waals surface area contributed by atoms with E-state index in [1.54, 1.807) is 6.20 Å². The minimum absolute atomic E-state index is 0.764. The van der Waals surface area contributed by atoms with Crippen LogP contribution in [0.3, 0.4) is 0 Å². The molecule has 1 aromatic heterocycles. The standard InChI is InChI=1S/C9H8BrNO2/c1-6-8(10)4-7(5-11-6)2-3-9(12)13/h2-5H,1H3,(H,12,13)/b3-2+. The van der Waals surface area contributed by atoms with Crippen LogP contribution in [-0.2, 0) is 4.79 Å². The highest BCUT2D eigenvalue weighted by Crippen LogP contribution is 2.15. The van der Waals surface area contributed by atoms with Crippen molar-refractivity contribution < 1.29 is 9.90 Å². The van der Waals surface area contributed by atoms with E-state index in [2.05, 4.69) is 20.9 Å². The number of pyridine rings is 1. The molecule has 1 N–H and O–H groups in total. The number of carboxylic acid groups (broad SMARTS) is 1. The van der Waals surface area contributed by atoms with Crippen molar-refractivity contribution in [1.82, 2.24) is 4.98 Å². The minimum Gasteiger partial charge on any atom is -0.478 e. The molecule has 0 unspecified atom stereocenters. The van der Waals surface area contributed by atoms with Gasteiger partial charge in [0.25, 0.3) is 0 Å². The maximum absolute atomic E-state index is 10.2. The third kappa shape index (κ3) is 2.99. The van der Waals surface area contributed by atoms with Crippen LogP contribution in [-0.4, -0.2) is 16.1 Å². The number of carboxylic acids is 1. The molecule has 0 fully saturated rings. The molecule has 0 saturated carbocycles. The largest absolute Gasteiger partial charge is 0.478 e. The Morgan fingerprint density at radius 3 is 2.92 bits per heavy atom. The number of aliphatic carboxylic acids is 1. The fraction of sp³-hybridized carbons (Fsp3) is 0.111. The summed E-state index contributed by atoms with van der Waals surface area (Å²) in [5, 5.41) is 8.38. The molecule has 3 nitrogen and oxygen atoms in total. The van der Waals surface area contributed by atoms with Crippen LogP contribution < -0.4 is 0 Å². The molecular formula is C9H8BrNO2. The summed E-state index contributed by atoms with van der Waals surface area (Å²) in [6.45, 7) is 1.87. The fourth-order valence-corrected chi connectivity index (χ4v) is 1.15. The van der Waals surface area contributed by atoms with Crippen molar-refractivity contribution in [3.63, 3.8) is 0 Å². The topological polar surface area (TPSA) is 50.2 Å². The lowest BCUT2D eigenvalue weighted by molar-refractivity contribution is -0.131. The van der Waals surface area contributed by atoms with Crippen molar-refractivity contribution in [2.75, 3.05) is 0 Å². The average molecular weight is 242 g/mol. The summed E-state index contributed by atoms with van der Waals surface area (Å²) in [6, 6.07) is 1.82. The zero-order chi connectivity index (χ0) is 9.84. The summed E-state index contributed by atoms with van der Waals surface area (Å²) < 4.78 is 0.875. The first-order valence-electron chi connectivity index (χ1n) is 3.63. The van der Waals surface area contributed by atoms with Gasteiger partial charge in [-0.05, 0) is 40.6 Å². The molecule has 1 aromatic rings. The van der Waals surface area contributed by atoms with Gasteiger partial charge in [-0.1, -0.05) is 0 Å². The van der Waals surface area contributed by atoms with Crippen LogP contribution in [0.2, 0.25) is 0 Å². The number of rotatable bonds is 2. The third-order valence-corrected chi connectivity index (χ3v) is 2.27. The van der Waals surface area contributed by atoms with E-state index in [4.69, 9.17) is 5.11 Å². The van der Waals surface area contributed by atoms with Gasteiger partial charge in [0.1, 0.15) is 0 Å². The molecule has 0 amide bonds. The molecule has 0 spiro atoms. The summed E-state index contributed by atoms with van der Waals surface area (Å²) in [7, 11) is 0. The van der Waals surface area contributed by atoms with Crippen LogP contribution >= 0.6 is 15.9 Å². The Morgan fingerprint density at radius 2 is 2.38 bits per heavy atom. The Hall–Kier alpha value is -1.16. The average Bonchev–Trinajstić information content (AvgIpc) is 2.07. The van der Waals surface area contributed by atoms with Crippen LogP contribution in [0.5, 0.6) is 0 Å². The lowest BCUT2D eigenvalue weighted by Gasteiger charge is -1.97. The van der Waals surface area contributed by atoms with E-state index in [0.29, 0.717) is 0 Å². The van der Waals surface area contributed by atoms with Gasteiger partial charge in [-0.25, -0.2) is 4.79 Å². The number of hydrogen-bond acceptors (Lipinski definition) is 2. The van der Waals surface area contributed by atoms with Gasteiger partial charge in [-0.15, -0.1) is 0 Å². The molecule has 1 heterocycles. The lowest BCUT2D eigenvalue weighted by Crippen LogP contribution is -1.87. The zero-order valence-corrected chi connectivity index (χ0v) is 8.58. The first-order valence-corrected chi connectivity index (χ1v) is 4.42. The number of hydrogen-bond donors (Lipinski definition) is 1. The molecule has 0 aromatic carbocycles. The molecule has 13 heavy (non-hydrogen) atoms. The Kier molecular flexibility index (Phi) is 3.19. The number of nitrogens with zero attached hydrogens (tertiary/aromatic N) is 1. The molecule has 0 atom stereocenters. The van der Waals surface area contributed by atoms with E-state index >= 15 is 0 Å². The molecule has 0 bridgehead atoms. The normalized spacial score (nSPS) is 10.6. The van der Waals surface area contributed by atoms with Gasteiger partial charge in [0, 0.05) is 16.7 Å². The van der Waals surface area contributed by atoms with E-state index in [1.807, 2.05) is 13.0 Å². The molecule has 0 aliphatic rings. The van der Waals surface area contributed by atoms with Gasteiger partial charge in [0.2, 0.25) is 0 Å². The predicted octanol–water partition coefficient (Wildman–Crippen LogP) is 2.25. The van der Waals surface area contributed by atoms with Crippen LogP contribution in [0.1, 0.15) is 11.3 Å².